The summed E-state index contributed by atoms with van der Waals surface area (Å²) >= 11 is 0. The van der Waals surface area contributed by atoms with Gasteiger partial charge in [0.05, 0.1) is 0 Å². The van der Waals surface area contributed by atoms with Gasteiger partial charge in [-0.15, -0.1) is 0 Å². The number of hydrogen-bond donors (Lipinski definition) is 1. The van der Waals surface area contributed by atoms with Crippen LogP contribution in [0.25, 0.3) is 0 Å². The smallest absolute Gasteiger partial charge is 0.240 e. The average Bonchev–Trinajstić information content (AvgIpc) is 2.11. The van der Waals surface area contributed by atoms with Crippen molar-refractivity contribution in [1.29, 1.82) is 0 Å². The standard InChI is InChI=1S/C12H24N2O2/c1-8(2)6-10(12(13)16)14(5)11(15)7-9(3)4/h8-10H,6-7H2,1-5H3,(H2,13,16)/t10-/m1/s1. The maximum atomic E-state index is 11.8. The minimum atomic E-state index is -0.480. The van der Waals surface area contributed by atoms with Gasteiger partial charge >= 0.3 is 0 Å². The van der Waals surface area contributed by atoms with Crippen molar-refractivity contribution >= 4 is 11.8 Å². The molecule has 16 heavy (non-hydrogen) atoms. The molecule has 2 amide bonds. The van der Waals surface area contributed by atoms with Crippen molar-refractivity contribution < 1.29 is 9.59 Å². The maximum absolute atomic E-state index is 11.8. The van der Waals surface area contributed by atoms with Gasteiger partial charge in [-0.25, -0.2) is 0 Å². The van der Waals surface area contributed by atoms with Crippen molar-refractivity contribution in [3.63, 3.8) is 0 Å². The number of rotatable bonds is 6. The lowest BCUT2D eigenvalue weighted by molar-refractivity contribution is -0.138. The van der Waals surface area contributed by atoms with E-state index < -0.39 is 11.9 Å². The van der Waals surface area contributed by atoms with E-state index in [0.29, 0.717) is 24.7 Å². The molecule has 0 spiro atoms. The Morgan fingerprint density at radius 3 is 1.94 bits per heavy atom. The van der Waals surface area contributed by atoms with Crippen LogP contribution in [0.4, 0.5) is 0 Å². The number of amides is 2. The molecule has 0 aliphatic carbocycles. The van der Waals surface area contributed by atoms with E-state index in [0.717, 1.165) is 0 Å². The van der Waals surface area contributed by atoms with Crippen molar-refractivity contribution in [3.05, 3.63) is 0 Å². The van der Waals surface area contributed by atoms with Gasteiger partial charge in [0.15, 0.2) is 0 Å². The summed E-state index contributed by atoms with van der Waals surface area (Å²) in [5.74, 6) is 0.196. The van der Waals surface area contributed by atoms with Crippen LogP contribution < -0.4 is 5.73 Å². The van der Waals surface area contributed by atoms with Crippen molar-refractivity contribution in [1.82, 2.24) is 4.90 Å². The second kappa shape index (κ2) is 6.51. The van der Waals surface area contributed by atoms with E-state index in [1.165, 1.54) is 4.90 Å². The number of primary amides is 1. The molecule has 0 aromatic carbocycles. The van der Waals surface area contributed by atoms with Crippen molar-refractivity contribution in [3.8, 4) is 0 Å². The van der Waals surface area contributed by atoms with E-state index in [-0.39, 0.29) is 5.91 Å². The predicted octanol–water partition coefficient (Wildman–Crippen LogP) is 1.39. The van der Waals surface area contributed by atoms with Crippen LogP contribution >= 0.6 is 0 Å². The maximum Gasteiger partial charge on any atom is 0.240 e. The molecule has 94 valence electrons. The lowest BCUT2D eigenvalue weighted by Crippen LogP contribution is -2.46. The molecule has 2 N–H and O–H groups in total. The molecule has 0 heterocycles. The van der Waals surface area contributed by atoms with Gasteiger partial charge in [0.1, 0.15) is 6.04 Å². The number of nitrogens with two attached hydrogens (primary N) is 1. The molecule has 0 aromatic rings. The number of nitrogens with zero attached hydrogens (tertiary/aromatic N) is 1. The third-order valence-electron chi connectivity index (χ3n) is 2.47. The van der Waals surface area contributed by atoms with Gasteiger partial charge in [0.2, 0.25) is 11.8 Å². The molecule has 0 bridgehead atoms. The topological polar surface area (TPSA) is 63.4 Å². The fourth-order valence-electron chi connectivity index (χ4n) is 1.58. The first-order valence-electron chi connectivity index (χ1n) is 5.80. The summed E-state index contributed by atoms with van der Waals surface area (Å²) in [5, 5.41) is 0. The summed E-state index contributed by atoms with van der Waals surface area (Å²) in [4.78, 5) is 24.6. The zero-order valence-corrected chi connectivity index (χ0v) is 11.0. The lowest BCUT2D eigenvalue weighted by Gasteiger charge is -2.27. The van der Waals surface area contributed by atoms with Gasteiger partial charge in [0.25, 0.3) is 0 Å². The summed E-state index contributed by atoms with van der Waals surface area (Å²) in [5.41, 5.74) is 5.32. The molecule has 0 unspecified atom stereocenters. The van der Waals surface area contributed by atoms with Gasteiger partial charge in [0, 0.05) is 13.5 Å². The van der Waals surface area contributed by atoms with Crippen LogP contribution in [0.15, 0.2) is 0 Å². The summed E-state index contributed by atoms with van der Waals surface area (Å²) in [6, 6.07) is -0.480. The number of carbonyl (C=O) groups excluding carboxylic acids is 2. The first-order valence-corrected chi connectivity index (χ1v) is 5.80. The normalized spacial score (nSPS) is 12.9. The fourth-order valence-corrected chi connectivity index (χ4v) is 1.58. The Hall–Kier alpha value is -1.06. The highest BCUT2D eigenvalue weighted by molar-refractivity contribution is 5.86. The van der Waals surface area contributed by atoms with E-state index in [4.69, 9.17) is 5.73 Å². The molecule has 4 heteroatoms. The SMILES string of the molecule is CC(C)CC(=O)N(C)[C@H](CC(C)C)C(N)=O. The Morgan fingerprint density at radius 1 is 1.12 bits per heavy atom. The van der Waals surface area contributed by atoms with Gasteiger partial charge in [-0.1, -0.05) is 27.7 Å². The van der Waals surface area contributed by atoms with Crippen molar-refractivity contribution in [2.45, 2.75) is 46.6 Å². The molecule has 1 atom stereocenters. The second-order valence-electron chi connectivity index (χ2n) is 5.15. The van der Waals surface area contributed by atoms with E-state index in [2.05, 4.69) is 0 Å². The monoisotopic (exact) mass is 228 g/mol. The van der Waals surface area contributed by atoms with Crippen LogP contribution in [-0.4, -0.2) is 29.8 Å². The largest absolute Gasteiger partial charge is 0.368 e. The van der Waals surface area contributed by atoms with Gasteiger partial charge in [-0.2, -0.15) is 0 Å². The van der Waals surface area contributed by atoms with Gasteiger partial charge < -0.3 is 10.6 Å². The van der Waals surface area contributed by atoms with Crippen molar-refractivity contribution in [2.24, 2.45) is 17.6 Å². The minimum absolute atomic E-state index is 0.0144. The number of hydrogen-bond acceptors (Lipinski definition) is 2. The van der Waals surface area contributed by atoms with E-state index in [1.807, 2.05) is 27.7 Å². The van der Waals surface area contributed by atoms with E-state index in [1.54, 1.807) is 7.05 Å². The van der Waals surface area contributed by atoms with E-state index >= 15 is 0 Å². The summed E-state index contributed by atoms with van der Waals surface area (Å²) in [7, 11) is 1.66. The Kier molecular flexibility index (Phi) is 6.08. The van der Waals surface area contributed by atoms with Gasteiger partial charge in [-0.05, 0) is 18.3 Å². The molecular formula is C12H24N2O2. The minimum Gasteiger partial charge on any atom is -0.368 e. The summed E-state index contributed by atoms with van der Waals surface area (Å²) in [6.07, 6.45) is 1.08. The zero-order valence-electron chi connectivity index (χ0n) is 11.0. The predicted molar refractivity (Wildman–Crippen MR) is 64.7 cm³/mol. The summed E-state index contributed by atoms with van der Waals surface area (Å²) < 4.78 is 0. The number of carbonyl (C=O) groups is 2. The molecule has 0 saturated carbocycles. The van der Waals surface area contributed by atoms with Crippen molar-refractivity contribution in [2.75, 3.05) is 7.05 Å². The molecule has 0 rings (SSSR count). The quantitative estimate of drug-likeness (QED) is 0.746. The Labute approximate surface area is 98.2 Å². The Balaban J connectivity index is 4.54. The summed E-state index contributed by atoms with van der Waals surface area (Å²) in [6.45, 7) is 7.98. The fraction of sp³-hybridized carbons (Fsp3) is 0.833. The van der Waals surface area contributed by atoms with Crippen LogP contribution in [-0.2, 0) is 9.59 Å². The Bertz CT molecular complexity index is 249. The van der Waals surface area contributed by atoms with Crippen LogP contribution in [0.3, 0.4) is 0 Å². The third-order valence-corrected chi connectivity index (χ3v) is 2.47. The zero-order chi connectivity index (χ0) is 12.9. The highest BCUT2D eigenvalue weighted by atomic mass is 16.2. The Morgan fingerprint density at radius 2 is 1.62 bits per heavy atom. The first kappa shape index (κ1) is 14.9. The molecule has 0 aliphatic rings. The highest BCUT2D eigenvalue weighted by Gasteiger charge is 2.25. The van der Waals surface area contributed by atoms with Crippen LogP contribution in [0.2, 0.25) is 0 Å². The first-order chi connectivity index (χ1) is 7.25. The number of likely N-dealkylation sites (N-methyl/N-ethyl adjacent to an activating group) is 1. The third kappa shape index (κ3) is 5.14. The average molecular weight is 228 g/mol. The van der Waals surface area contributed by atoms with E-state index in [9.17, 15) is 9.59 Å². The molecule has 4 nitrogen and oxygen atoms in total. The van der Waals surface area contributed by atoms with Gasteiger partial charge in [-0.3, -0.25) is 9.59 Å². The molecule has 0 aliphatic heterocycles. The molecule has 0 radical (unpaired) electrons. The molecule has 0 fully saturated rings. The lowest BCUT2D eigenvalue weighted by atomic mass is 10.0. The molecule has 0 saturated heterocycles. The highest BCUT2D eigenvalue weighted by Crippen LogP contribution is 2.12. The van der Waals surface area contributed by atoms with Crippen LogP contribution in [0.1, 0.15) is 40.5 Å². The van der Waals surface area contributed by atoms with Crippen LogP contribution in [0.5, 0.6) is 0 Å². The second-order valence-corrected chi connectivity index (χ2v) is 5.15. The molecule has 0 aromatic heterocycles. The van der Waals surface area contributed by atoms with Crippen LogP contribution in [0, 0.1) is 11.8 Å². The molecular weight excluding hydrogens is 204 g/mol.